The molecule has 9 nitrogen and oxygen atoms in total. The Hall–Kier alpha value is -3.23. The van der Waals surface area contributed by atoms with Gasteiger partial charge in [0.15, 0.2) is 11.5 Å². The smallest absolute Gasteiger partial charge is 0.280 e. The van der Waals surface area contributed by atoms with Gasteiger partial charge in [0.2, 0.25) is 5.91 Å². The first-order chi connectivity index (χ1) is 14.5. The second-order valence-corrected chi connectivity index (χ2v) is 7.73. The van der Waals surface area contributed by atoms with Crippen molar-refractivity contribution < 1.29 is 14.1 Å². The molecule has 0 spiro atoms. The van der Waals surface area contributed by atoms with Gasteiger partial charge in [0.1, 0.15) is 5.75 Å². The number of nitrogens with zero attached hydrogens (tertiary/aromatic N) is 6. The van der Waals surface area contributed by atoms with Gasteiger partial charge in [-0.2, -0.15) is 4.98 Å². The Morgan fingerprint density at radius 1 is 1.30 bits per heavy atom. The van der Waals surface area contributed by atoms with Gasteiger partial charge in [-0.3, -0.25) is 4.79 Å². The van der Waals surface area contributed by atoms with Gasteiger partial charge in [-0.05, 0) is 31.0 Å². The van der Waals surface area contributed by atoms with Gasteiger partial charge in [-0.25, -0.2) is 4.68 Å². The zero-order valence-electron chi connectivity index (χ0n) is 17.5. The van der Waals surface area contributed by atoms with Crippen molar-refractivity contribution in [1.29, 1.82) is 0 Å². The molecule has 1 aliphatic heterocycles. The average molecular weight is 410 g/mol. The van der Waals surface area contributed by atoms with Gasteiger partial charge in [0, 0.05) is 19.0 Å². The van der Waals surface area contributed by atoms with E-state index in [1.807, 2.05) is 56.1 Å². The Morgan fingerprint density at radius 3 is 2.80 bits per heavy atom. The zero-order chi connectivity index (χ0) is 21.1. The minimum atomic E-state index is 0.0861. The van der Waals surface area contributed by atoms with Crippen molar-refractivity contribution in [3.05, 3.63) is 41.9 Å². The van der Waals surface area contributed by atoms with Crippen molar-refractivity contribution in [3.8, 4) is 17.3 Å². The summed E-state index contributed by atoms with van der Waals surface area (Å²) in [6.07, 6.45) is 3.02. The third-order valence-corrected chi connectivity index (χ3v) is 5.17. The molecule has 158 valence electrons. The lowest BCUT2D eigenvalue weighted by molar-refractivity contribution is -0.129. The van der Waals surface area contributed by atoms with E-state index in [0.717, 1.165) is 17.7 Å². The van der Waals surface area contributed by atoms with Gasteiger partial charge in [-0.15, -0.1) is 5.10 Å². The number of rotatable bonds is 7. The quantitative estimate of drug-likeness (QED) is 0.590. The standard InChI is InChI=1S/C21H26N6O3/c1-4-29-17-7-5-15(6-8-17)11-19(28)26-10-9-16(12-26)27-13-18(23-25-27)21-22-20(14(2)3)24-30-21/h5-8,13-14,16H,4,9-12H2,1-3H3/t16-/m1/s1. The van der Waals surface area contributed by atoms with Crippen molar-refractivity contribution in [2.24, 2.45) is 0 Å². The highest BCUT2D eigenvalue weighted by molar-refractivity contribution is 5.79. The van der Waals surface area contributed by atoms with Crippen LogP contribution in [0, 0.1) is 0 Å². The maximum Gasteiger partial charge on any atom is 0.280 e. The summed E-state index contributed by atoms with van der Waals surface area (Å²) in [6.45, 7) is 7.90. The molecule has 0 aliphatic carbocycles. The molecule has 2 aromatic heterocycles. The molecule has 1 aliphatic rings. The summed E-state index contributed by atoms with van der Waals surface area (Å²) in [5.41, 5.74) is 1.53. The predicted molar refractivity (Wildman–Crippen MR) is 109 cm³/mol. The zero-order valence-corrected chi connectivity index (χ0v) is 17.5. The fraction of sp³-hybridized carbons (Fsp3) is 0.476. The summed E-state index contributed by atoms with van der Waals surface area (Å²) in [7, 11) is 0. The Balaban J connectivity index is 1.36. The van der Waals surface area contributed by atoms with Gasteiger partial charge in [0.25, 0.3) is 5.89 Å². The first-order valence-electron chi connectivity index (χ1n) is 10.3. The lowest BCUT2D eigenvalue weighted by Gasteiger charge is -2.16. The molecule has 30 heavy (non-hydrogen) atoms. The first-order valence-corrected chi connectivity index (χ1v) is 10.3. The molecule has 1 amide bonds. The fourth-order valence-corrected chi connectivity index (χ4v) is 3.47. The second-order valence-electron chi connectivity index (χ2n) is 7.73. The normalized spacial score (nSPS) is 16.4. The number of carbonyl (C=O) groups is 1. The van der Waals surface area contributed by atoms with Gasteiger partial charge in [-0.1, -0.05) is 36.4 Å². The van der Waals surface area contributed by atoms with Crippen LogP contribution in [0.2, 0.25) is 0 Å². The molecule has 0 radical (unpaired) electrons. The van der Waals surface area contributed by atoms with E-state index in [4.69, 9.17) is 9.26 Å². The highest BCUT2D eigenvalue weighted by Crippen LogP contribution is 2.24. The van der Waals surface area contributed by atoms with E-state index < -0.39 is 0 Å². The van der Waals surface area contributed by atoms with Crippen LogP contribution in [-0.2, 0) is 11.2 Å². The second kappa shape index (κ2) is 8.64. The minimum Gasteiger partial charge on any atom is -0.494 e. The van der Waals surface area contributed by atoms with Crippen molar-refractivity contribution in [3.63, 3.8) is 0 Å². The van der Waals surface area contributed by atoms with Crippen LogP contribution in [0.4, 0.5) is 0 Å². The lowest BCUT2D eigenvalue weighted by atomic mass is 10.1. The first kappa shape index (κ1) is 20.1. The van der Waals surface area contributed by atoms with Crippen LogP contribution in [0.25, 0.3) is 11.6 Å². The number of aromatic nitrogens is 5. The Kier molecular flexibility index (Phi) is 5.78. The third-order valence-electron chi connectivity index (χ3n) is 5.17. The maximum absolute atomic E-state index is 12.7. The summed E-state index contributed by atoms with van der Waals surface area (Å²) in [5, 5.41) is 12.4. The Bertz CT molecular complexity index is 994. The van der Waals surface area contributed by atoms with Crippen LogP contribution in [-0.4, -0.2) is 55.6 Å². The summed E-state index contributed by atoms with van der Waals surface area (Å²) in [4.78, 5) is 19.0. The van der Waals surface area contributed by atoms with Crippen LogP contribution in [0.3, 0.4) is 0 Å². The summed E-state index contributed by atoms with van der Waals surface area (Å²) >= 11 is 0. The number of amides is 1. The molecule has 9 heteroatoms. The molecular formula is C21H26N6O3. The molecule has 0 N–H and O–H groups in total. The molecule has 0 bridgehead atoms. The molecule has 3 aromatic rings. The maximum atomic E-state index is 12.7. The summed E-state index contributed by atoms with van der Waals surface area (Å²) in [5.74, 6) is 2.12. The molecule has 0 unspecified atom stereocenters. The van der Waals surface area contributed by atoms with E-state index in [-0.39, 0.29) is 17.9 Å². The molecule has 0 saturated carbocycles. The van der Waals surface area contributed by atoms with E-state index in [9.17, 15) is 4.79 Å². The van der Waals surface area contributed by atoms with Crippen molar-refractivity contribution >= 4 is 5.91 Å². The van der Waals surface area contributed by atoms with E-state index in [0.29, 0.717) is 43.5 Å². The average Bonchev–Trinajstić information content (AvgIpc) is 3.48. The molecular weight excluding hydrogens is 384 g/mol. The lowest BCUT2D eigenvalue weighted by Crippen LogP contribution is -2.30. The monoisotopic (exact) mass is 410 g/mol. The van der Waals surface area contributed by atoms with Crippen LogP contribution in [0.1, 0.15) is 50.5 Å². The highest BCUT2D eigenvalue weighted by Gasteiger charge is 2.29. The van der Waals surface area contributed by atoms with Crippen molar-refractivity contribution in [2.75, 3.05) is 19.7 Å². The van der Waals surface area contributed by atoms with Gasteiger partial charge >= 0.3 is 0 Å². The van der Waals surface area contributed by atoms with Crippen LogP contribution >= 0.6 is 0 Å². The molecule has 3 heterocycles. The van der Waals surface area contributed by atoms with Crippen LogP contribution in [0.15, 0.2) is 35.0 Å². The summed E-state index contributed by atoms with van der Waals surface area (Å²) < 4.78 is 12.5. The van der Waals surface area contributed by atoms with Crippen molar-refractivity contribution in [1.82, 2.24) is 30.0 Å². The third kappa shape index (κ3) is 4.34. The highest BCUT2D eigenvalue weighted by atomic mass is 16.5. The molecule has 1 saturated heterocycles. The van der Waals surface area contributed by atoms with Gasteiger partial charge in [0.05, 0.1) is 25.3 Å². The van der Waals surface area contributed by atoms with Crippen LogP contribution in [0.5, 0.6) is 5.75 Å². The van der Waals surface area contributed by atoms with Crippen molar-refractivity contribution in [2.45, 2.75) is 45.6 Å². The van der Waals surface area contributed by atoms with E-state index in [2.05, 4.69) is 20.5 Å². The van der Waals surface area contributed by atoms with Crippen LogP contribution < -0.4 is 4.74 Å². The largest absolute Gasteiger partial charge is 0.494 e. The number of hydrogen-bond donors (Lipinski definition) is 0. The number of ether oxygens (including phenoxy) is 1. The number of hydrogen-bond acceptors (Lipinski definition) is 7. The fourth-order valence-electron chi connectivity index (χ4n) is 3.47. The molecule has 1 aromatic carbocycles. The van der Waals surface area contributed by atoms with E-state index in [1.165, 1.54) is 0 Å². The van der Waals surface area contributed by atoms with E-state index >= 15 is 0 Å². The Morgan fingerprint density at radius 2 is 2.10 bits per heavy atom. The number of likely N-dealkylation sites (tertiary alicyclic amines) is 1. The number of benzene rings is 1. The Labute approximate surface area is 175 Å². The minimum absolute atomic E-state index is 0.0861. The molecule has 1 atom stereocenters. The molecule has 1 fully saturated rings. The summed E-state index contributed by atoms with van der Waals surface area (Å²) in [6, 6.07) is 7.77. The predicted octanol–water partition coefficient (Wildman–Crippen LogP) is 2.87. The van der Waals surface area contributed by atoms with Gasteiger partial charge < -0.3 is 14.2 Å². The van der Waals surface area contributed by atoms with E-state index in [1.54, 1.807) is 4.68 Å². The molecule has 4 rings (SSSR count). The topological polar surface area (TPSA) is 99.2 Å². The SMILES string of the molecule is CCOc1ccc(CC(=O)N2CC[C@@H](n3cc(-c4nc(C(C)C)no4)nn3)C2)cc1. The number of carbonyl (C=O) groups excluding carboxylic acids is 1.